The van der Waals surface area contributed by atoms with E-state index in [1.807, 2.05) is 0 Å². The number of aliphatic carboxylic acids is 2. The highest BCUT2D eigenvalue weighted by atomic mass is 16.4. The summed E-state index contributed by atoms with van der Waals surface area (Å²) in [5.74, 6) is -2.71. The van der Waals surface area contributed by atoms with Crippen molar-refractivity contribution in [3.05, 3.63) is 0 Å². The number of carboxylic acid groups (broad SMARTS) is 2. The molecule has 4 N–H and O–H groups in total. The number of likely N-dealkylation sites (N-methyl/N-ethyl adjacent to an activating group) is 1. The predicted octanol–water partition coefficient (Wildman–Crippen LogP) is -0.141. The van der Waals surface area contributed by atoms with Gasteiger partial charge in [-0.3, -0.25) is 4.79 Å². The molecule has 0 aromatic rings. The normalized spacial score (nSPS) is 23.7. The zero-order valence-corrected chi connectivity index (χ0v) is 11.3. The second-order valence-electron chi connectivity index (χ2n) is 4.97. The highest BCUT2D eigenvalue weighted by Gasteiger charge is 2.31. The molecule has 3 atom stereocenters. The molecule has 1 saturated carbocycles. The predicted molar refractivity (Wildman–Crippen MR) is 68.2 cm³/mol. The molecule has 0 heterocycles. The van der Waals surface area contributed by atoms with Gasteiger partial charge in [-0.2, -0.15) is 0 Å². The molecule has 2 amide bonds. The molecular weight excluding hydrogens is 268 g/mol. The molecule has 114 valence electrons. The van der Waals surface area contributed by atoms with Crippen LogP contribution in [0.15, 0.2) is 0 Å². The average molecular weight is 288 g/mol. The van der Waals surface area contributed by atoms with Gasteiger partial charge in [0.05, 0.1) is 18.6 Å². The molecule has 20 heavy (non-hydrogen) atoms. The average Bonchev–Trinajstić information content (AvgIpc) is 2.37. The maximum Gasteiger partial charge on any atom is 0.326 e. The van der Waals surface area contributed by atoms with E-state index in [1.165, 1.54) is 11.9 Å². The third kappa shape index (κ3) is 4.37. The van der Waals surface area contributed by atoms with Crippen LogP contribution in [0.5, 0.6) is 0 Å². The Kier molecular flexibility index (Phi) is 5.75. The molecule has 8 nitrogen and oxygen atoms in total. The van der Waals surface area contributed by atoms with Crippen LogP contribution in [-0.2, 0) is 9.59 Å². The summed E-state index contributed by atoms with van der Waals surface area (Å²) < 4.78 is 0. The monoisotopic (exact) mass is 288 g/mol. The Labute approximate surface area is 116 Å². The fraction of sp³-hybridized carbons (Fsp3) is 0.750. The SMILES string of the molecule is CN(C(=O)N[C@H](CC(=O)O)C(=O)O)C1CCCCC1O. The molecule has 0 aromatic heterocycles. The van der Waals surface area contributed by atoms with E-state index >= 15 is 0 Å². The maximum atomic E-state index is 11.9. The van der Waals surface area contributed by atoms with Crippen molar-refractivity contribution in [1.29, 1.82) is 0 Å². The lowest BCUT2D eigenvalue weighted by atomic mass is 9.92. The Hall–Kier alpha value is -1.83. The number of carbonyl (C=O) groups is 3. The van der Waals surface area contributed by atoms with E-state index in [9.17, 15) is 19.5 Å². The van der Waals surface area contributed by atoms with E-state index < -0.39 is 36.5 Å². The van der Waals surface area contributed by atoms with Crippen molar-refractivity contribution in [2.45, 2.75) is 50.3 Å². The van der Waals surface area contributed by atoms with Crippen molar-refractivity contribution in [3.8, 4) is 0 Å². The van der Waals surface area contributed by atoms with Gasteiger partial charge in [0, 0.05) is 7.05 Å². The first-order valence-electron chi connectivity index (χ1n) is 6.49. The first-order chi connectivity index (χ1) is 9.32. The molecule has 1 fully saturated rings. The van der Waals surface area contributed by atoms with Gasteiger partial charge in [-0.15, -0.1) is 0 Å². The molecule has 0 saturated heterocycles. The minimum absolute atomic E-state index is 0.372. The van der Waals surface area contributed by atoms with Crippen LogP contribution in [-0.4, -0.2) is 63.4 Å². The van der Waals surface area contributed by atoms with Crippen LogP contribution in [0.1, 0.15) is 32.1 Å². The fourth-order valence-electron chi connectivity index (χ4n) is 2.32. The molecular formula is C12H20N2O6. The number of rotatable bonds is 5. The maximum absolute atomic E-state index is 11.9. The lowest BCUT2D eigenvalue weighted by Gasteiger charge is -2.35. The third-order valence-corrected chi connectivity index (χ3v) is 3.49. The van der Waals surface area contributed by atoms with E-state index in [-0.39, 0.29) is 6.04 Å². The summed E-state index contributed by atoms with van der Waals surface area (Å²) in [6.45, 7) is 0. The molecule has 2 unspecified atom stereocenters. The Bertz CT molecular complexity index is 386. The smallest absolute Gasteiger partial charge is 0.326 e. The largest absolute Gasteiger partial charge is 0.481 e. The molecule has 8 heteroatoms. The van der Waals surface area contributed by atoms with Crippen LogP contribution < -0.4 is 5.32 Å². The minimum atomic E-state index is -1.48. The Morgan fingerprint density at radius 1 is 1.25 bits per heavy atom. The molecule has 0 aromatic carbocycles. The third-order valence-electron chi connectivity index (χ3n) is 3.49. The number of hydrogen-bond donors (Lipinski definition) is 4. The van der Waals surface area contributed by atoms with Crippen molar-refractivity contribution in [3.63, 3.8) is 0 Å². The molecule has 0 aliphatic heterocycles. The highest BCUT2D eigenvalue weighted by molar-refractivity contribution is 5.86. The molecule has 1 rings (SSSR count). The fourth-order valence-corrected chi connectivity index (χ4v) is 2.32. The van der Waals surface area contributed by atoms with Crippen molar-refractivity contribution < 1.29 is 29.7 Å². The van der Waals surface area contributed by atoms with Gasteiger partial charge in [-0.25, -0.2) is 9.59 Å². The molecule has 1 aliphatic rings. The van der Waals surface area contributed by atoms with Crippen LogP contribution in [0.4, 0.5) is 4.79 Å². The zero-order valence-electron chi connectivity index (χ0n) is 11.3. The van der Waals surface area contributed by atoms with Crippen LogP contribution in [0.25, 0.3) is 0 Å². The summed E-state index contributed by atoms with van der Waals surface area (Å²) >= 11 is 0. The summed E-state index contributed by atoms with van der Waals surface area (Å²) in [5.41, 5.74) is 0. The van der Waals surface area contributed by atoms with Crippen LogP contribution in [0, 0.1) is 0 Å². The number of aliphatic hydroxyl groups is 1. The summed E-state index contributed by atoms with van der Waals surface area (Å²) in [5, 5.41) is 29.5. The van der Waals surface area contributed by atoms with Gasteiger partial charge >= 0.3 is 18.0 Å². The van der Waals surface area contributed by atoms with E-state index in [0.29, 0.717) is 12.8 Å². The minimum Gasteiger partial charge on any atom is -0.481 e. The number of carboxylic acids is 2. The van der Waals surface area contributed by atoms with Gasteiger partial charge in [0.1, 0.15) is 6.04 Å². The first kappa shape index (κ1) is 16.2. The zero-order chi connectivity index (χ0) is 15.3. The van der Waals surface area contributed by atoms with E-state index in [4.69, 9.17) is 10.2 Å². The van der Waals surface area contributed by atoms with E-state index in [1.54, 1.807) is 0 Å². The van der Waals surface area contributed by atoms with E-state index in [0.717, 1.165) is 12.8 Å². The molecule has 0 bridgehead atoms. The lowest BCUT2D eigenvalue weighted by Crippen LogP contribution is -2.53. The summed E-state index contributed by atoms with van der Waals surface area (Å²) in [4.78, 5) is 34.6. The van der Waals surface area contributed by atoms with Crippen LogP contribution in [0.3, 0.4) is 0 Å². The van der Waals surface area contributed by atoms with Crippen molar-refractivity contribution >= 4 is 18.0 Å². The van der Waals surface area contributed by atoms with Gasteiger partial charge in [0.15, 0.2) is 0 Å². The molecule has 1 aliphatic carbocycles. The summed E-state index contributed by atoms with van der Waals surface area (Å²) in [7, 11) is 1.47. The van der Waals surface area contributed by atoms with Gasteiger partial charge in [-0.1, -0.05) is 12.8 Å². The van der Waals surface area contributed by atoms with Gasteiger partial charge in [-0.05, 0) is 12.8 Å². The molecule has 0 spiro atoms. The van der Waals surface area contributed by atoms with Crippen molar-refractivity contribution in [2.75, 3.05) is 7.05 Å². The number of carbonyl (C=O) groups excluding carboxylic acids is 1. The van der Waals surface area contributed by atoms with E-state index in [2.05, 4.69) is 5.32 Å². The number of urea groups is 1. The second-order valence-corrected chi connectivity index (χ2v) is 4.97. The van der Waals surface area contributed by atoms with Gasteiger partial charge in [0.25, 0.3) is 0 Å². The Morgan fingerprint density at radius 2 is 1.85 bits per heavy atom. The van der Waals surface area contributed by atoms with Crippen molar-refractivity contribution in [1.82, 2.24) is 10.2 Å². The second kappa shape index (κ2) is 7.09. The number of hydrogen-bond acceptors (Lipinski definition) is 4. The quantitative estimate of drug-likeness (QED) is 0.557. The Morgan fingerprint density at radius 3 is 2.35 bits per heavy atom. The number of nitrogens with zero attached hydrogens (tertiary/aromatic N) is 1. The number of nitrogens with one attached hydrogen (secondary N) is 1. The lowest BCUT2D eigenvalue weighted by molar-refractivity contribution is -0.145. The number of aliphatic hydroxyl groups excluding tert-OH is 1. The first-order valence-corrected chi connectivity index (χ1v) is 6.49. The standard InChI is InChI=1S/C12H20N2O6/c1-14(8-4-2-3-5-9(8)15)12(20)13-7(11(18)19)6-10(16)17/h7-9,15H,2-6H2,1H3,(H,13,20)(H,16,17)(H,18,19)/t7-,8?,9?/m1/s1. The van der Waals surface area contributed by atoms with Gasteiger partial charge in [0.2, 0.25) is 0 Å². The Balaban J connectivity index is 2.63. The highest BCUT2D eigenvalue weighted by Crippen LogP contribution is 2.22. The van der Waals surface area contributed by atoms with Crippen LogP contribution >= 0.6 is 0 Å². The van der Waals surface area contributed by atoms with Crippen LogP contribution in [0.2, 0.25) is 0 Å². The van der Waals surface area contributed by atoms with Gasteiger partial charge < -0.3 is 25.5 Å². The summed E-state index contributed by atoms with van der Waals surface area (Å²) in [6.07, 6.45) is 1.69. The summed E-state index contributed by atoms with van der Waals surface area (Å²) in [6, 6.07) is -2.55. The molecule has 0 radical (unpaired) electrons. The van der Waals surface area contributed by atoms with Crippen molar-refractivity contribution in [2.24, 2.45) is 0 Å². The number of amides is 2. The topological polar surface area (TPSA) is 127 Å².